The summed E-state index contributed by atoms with van der Waals surface area (Å²) in [6, 6.07) is 0. The van der Waals surface area contributed by atoms with Gasteiger partial charge in [0.2, 0.25) is 0 Å². The lowest BCUT2D eigenvalue weighted by Gasteiger charge is -2.65. The number of rotatable bonds is 7. The van der Waals surface area contributed by atoms with Crippen molar-refractivity contribution in [2.45, 2.75) is 136 Å². The van der Waals surface area contributed by atoms with E-state index in [0.29, 0.717) is 18.4 Å². The van der Waals surface area contributed by atoms with Crippen molar-refractivity contribution in [1.29, 1.82) is 0 Å². The van der Waals surface area contributed by atoms with Gasteiger partial charge in [-0.3, -0.25) is 4.79 Å². The van der Waals surface area contributed by atoms with Crippen LogP contribution in [0.1, 0.15) is 58.8 Å². The van der Waals surface area contributed by atoms with Gasteiger partial charge in [-0.05, 0) is 122 Å². The largest absolute Gasteiger partial charge is 0.459 e. The average molecular weight is 567 g/mol. The predicted molar refractivity (Wildman–Crippen MR) is 156 cm³/mol. The molecular formula is C29H54O5Si3. The van der Waals surface area contributed by atoms with Gasteiger partial charge in [-0.1, -0.05) is 13.3 Å². The summed E-state index contributed by atoms with van der Waals surface area (Å²) in [4.78, 5) is 13.6. The van der Waals surface area contributed by atoms with Crippen LogP contribution in [0.5, 0.6) is 0 Å². The molecule has 5 aliphatic rings. The monoisotopic (exact) mass is 566 g/mol. The summed E-state index contributed by atoms with van der Waals surface area (Å²) in [5, 5.41) is 0. The Bertz CT molecular complexity index is 937. The highest BCUT2D eigenvalue weighted by Crippen LogP contribution is 2.76. The fourth-order valence-electron chi connectivity index (χ4n) is 10.1. The molecule has 8 heteroatoms. The molecule has 212 valence electrons. The highest BCUT2D eigenvalue weighted by molar-refractivity contribution is 6.70. The molecule has 9 atom stereocenters. The fourth-order valence-corrected chi connectivity index (χ4v) is 13.4. The van der Waals surface area contributed by atoms with Crippen LogP contribution in [0.3, 0.4) is 0 Å². The highest BCUT2D eigenvalue weighted by Gasteiger charge is 2.78. The quantitative estimate of drug-likeness (QED) is 0.241. The number of hydrogen-bond acceptors (Lipinski definition) is 5. The molecule has 0 amide bonds. The zero-order valence-electron chi connectivity index (χ0n) is 25.6. The van der Waals surface area contributed by atoms with Crippen molar-refractivity contribution >= 4 is 30.9 Å². The van der Waals surface area contributed by atoms with E-state index < -0.39 is 25.0 Å². The molecule has 5 nitrogen and oxygen atoms in total. The van der Waals surface area contributed by atoms with E-state index in [2.05, 4.69) is 72.8 Å². The molecule has 0 radical (unpaired) electrons. The first-order chi connectivity index (χ1) is 16.7. The summed E-state index contributed by atoms with van der Waals surface area (Å²) >= 11 is 0. The number of carbonyl (C=O) groups is 1. The Morgan fingerprint density at radius 3 is 2.19 bits per heavy atom. The van der Waals surface area contributed by atoms with E-state index in [0.717, 1.165) is 25.7 Å². The van der Waals surface area contributed by atoms with Crippen LogP contribution in [0, 0.1) is 34.0 Å². The van der Waals surface area contributed by atoms with Crippen LogP contribution in [-0.2, 0) is 22.8 Å². The molecule has 4 saturated carbocycles. The van der Waals surface area contributed by atoms with Crippen molar-refractivity contribution in [3.05, 3.63) is 0 Å². The summed E-state index contributed by atoms with van der Waals surface area (Å²) in [5.41, 5.74) is -0.555. The molecule has 5 fully saturated rings. The van der Waals surface area contributed by atoms with E-state index in [1.165, 1.54) is 19.3 Å². The van der Waals surface area contributed by atoms with E-state index >= 15 is 0 Å². The van der Waals surface area contributed by atoms with Crippen LogP contribution >= 0.6 is 0 Å². The fraction of sp³-hybridized carbons (Fsp3) is 0.966. The van der Waals surface area contributed by atoms with Gasteiger partial charge in [0, 0.05) is 11.3 Å². The van der Waals surface area contributed by atoms with Gasteiger partial charge in [0.1, 0.15) is 6.10 Å². The maximum atomic E-state index is 13.6. The molecule has 4 aliphatic carbocycles. The summed E-state index contributed by atoms with van der Waals surface area (Å²) in [7, 11) is -5.50. The molecule has 5 rings (SSSR count). The zero-order valence-corrected chi connectivity index (χ0v) is 28.6. The maximum absolute atomic E-state index is 13.6. The third kappa shape index (κ3) is 4.52. The van der Waals surface area contributed by atoms with Crippen LogP contribution in [0.2, 0.25) is 58.9 Å². The maximum Gasteiger partial charge on any atom is 0.312 e. The Kier molecular flexibility index (Phi) is 6.56. The van der Waals surface area contributed by atoms with Crippen molar-refractivity contribution in [2.24, 2.45) is 34.0 Å². The molecule has 0 aromatic carbocycles. The van der Waals surface area contributed by atoms with E-state index in [4.69, 9.17) is 18.0 Å². The van der Waals surface area contributed by atoms with Crippen molar-refractivity contribution in [2.75, 3.05) is 6.61 Å². The number of carbonyl (C=O) groups excluding carboxylic acids is 1. The van der Waals surface area contributed by atoms with Gasteiger partial charge in [-0.2, -0.15) is 0 Å². The van der Waals surface area contributed by atoms with E-state index in [9.17, 15) is 4.79 Å². The van der Waals surface area contributed by atoms with Crippen molar-refractivity contribution < 1.29 is 22.8 Å². The van der Waals surface area contributed by atoms with Gasteiger partial charge in [-0.25, -0.2) is 0 Å². The van der Waals surface area contributed by atoms with Crippen LogP contribution in [0.25, 0.3) is 0 Å². The second kappa shape index (κ2) is 8.51. The number of esters is 1. The van der Waals surface area contributed by atoms with Crippen LogP contribution in [-0.4, -0.2) is 55.3 Å². The average Bonchev–Trinajstić information content (AvgIpc) is 3.11. The Morgan fingerprint density at radius 1 is 0.919 bits per heavy atom. The second-order valence-corrected chi connectivity index (χ2v) is 30.3. The van der Waals surface area contributed by atoms with E-state index in [1.54, 1.807) is 0 Å². The summed E-state index contributed by atoms with van der Waals surface area (Å²) in [6.07, 6.45) is 7.63. The highest BCUT2D eigenvalue weighted by atomic mass is 28.4. The molecule has 1 spiro atoms. The van der Waals surface area contributed by atoms with Gasteiger partial charge in [0.05, 0.1) is 23.7 Å². The molecule has 0 aromatic heterocycles. The standard InChI is InChI=1S/C29H54O5Si3/c1-26-15-12-16-27(2)23(26)22(32-25(27)30)24(33-36(6,7)8)28-17-20(13-14-21(26)28)29(18-28,34-37(9,10)11)19-31-35(3,4)5/h20-24H,12-19H2,1-11H3/t20-,21?,22-,23?,24+,26+,27-,28-,29-/m1/s1. The topological polar surface area (TPSA) is 54.0 Å². The van der Waals surface area contributed by atoms with E-state index in [1.807, 2.05) is 0 Å². The normalized spacial score (nSPS) is 47.4. The summed E-state index contributed by atoms with van der Waals surface area (Å²) in [5.74, 6) is 1.30. The van der Waals surface area contributed by atoms with Crippen LogP contribution < -0.4 is 0 Å². The van der Waals surface area contributed by atoms with Gasteiger partial charge in [0.15, 0.2) is 25.0 Å². The summed E-state index contributed by atoms with van der Waals surface area (Å²) < 4.78 is 27.7. The minimum Gasteiger partial charge on any atom is -0.459 e. The lowest BCUT2D eigenvalue weighted by molar-refractivity contribution is -0.215. The number of ether oxygens (including phenoxy) is 1. The molecule has 37 heavy (non-hydrogen) atoms. The Morgan fingerprint density at radius 2 is 1.59 bits per heavy atom. The lowest BCUT2D eigenvalue weighted by Crippen LogP contribution is -2.67. The minimum absolute atomic E-state index is 0.0234. The van der Waals surface area contributed by atoms with Gasteiger partial charge >= 0.3 is 5.97 Å². The number of fused-ring (bicyclic) bond motifs is 2. The Hall–Kier alpha value is 0.000649. The molecule has 1 aliphatic heterocycles. The SMILES string of the molecule is C[C@@]12CCC[C@@]3(C)C(=O)O[C@H](C13)[C@H](O[Si](C)(C)C)[C@@]13C[C@@H](CCC21)[C@@](CO[Si](C)(C)C)(O[Si](C)(C)C)C3. The second-order valence-electron chi connectivity index (χ2n) is 16.9. The van der Waals surface area contributed by atoms with Crippen molar-refractivity contribution in [3.8, 4) is 0 Å². The first-order valence-corrected chi connectivity index (χ1v) is 25.2. The molecular weight excluding hydrogens is 513 g/mol. The molecule has 0 aromatic rings. The summed E-state index contributed by atoms with van der Waals surface area (Å²) in [6.45, 7) is 26.2. The van der Waals surface area contributed by atoms with Gasteiger partial charge in [0.25, 0.3) is 0 Å². The molecule has 2 unspecified atom stereocenters. The third-order valence-corrected chi connectivity index (χ3v) is 13.7. The molecule has 1 saturated heterocycles. The third-order valence-electron chi connectivity index (χ3n) is 10.7. The minimum atomic E-state index is -1.92. The first kappa shape index (κ1) is 28.5. The predicted octanol–water partition coefficient (Wildman–Crippen LogP) is 7.21. The molecule has 1 heterocycles. The van der Waals surface area contributed by atoms with Crippen molar-refractivity contribution in [1.82, 2.24) is 0 Å². The lowest BCUT2D eigenvalue weighted by atomic mass is 9.40. The molecule has 2 bridgehead atoms. The molecule has 0 N–H and O–H groups in total. The Balaban J connectivity index is 1.65. The van der Waals surface area contributed by atoms with Crippen LogP contribution in [0.4, 0.5) is 0 Å². The first-order valence-electron chi connectivity index (χ1n) is 15.0. The Labute approximate surface area is 229 Å². The van der Waals surface area contributed by atoms with Gasteiger partial charge < -0.3 is 18.0 Å². The van der Waals surface area contributed by atoms with Gasteiger partial charge in [-0.15, -0.1) is 0 Å². The smallest absolute Gasteiger partial charge is 0.312 e. The van der Waals surface area contributed by atoms with E-state index in [-0.39, 0.29) is 45.9 Å². The van der Waals surface area contributed by atoms with Crippen LogP contribution in [0.15, 0.2) is 0 Å². The zero-order chi connectivity index (χ0) is 27.4. The van der Waals surface area contributed by atoms with Crippen molar-refractivity contribution in [3.63, 3.8) is 0 Å². The number of hydrogen-bond donors (Lipinski definition) is 0.